The Morgan fingerprint density at radius 1 is 0.806 bits per heavy atom. The number of quaternary nitrogens is 2. The number of aliphatic carboxylic acids is 2. The molecule has 0 saturated heterocycles. The molecule has 2 atom stereocenters. The number of ether oxygens (including phenoxy) is 1. The minimum absolute atomic E-state index is 0.239. The molecule has 0 rings (SSSR count). The molecule has 9 nitrogen and oxygen atoms in total. The predicted octanol–water partition coefficient (Wildman–Crippen LogP) is -0.702. The van der Waals surface area contributed by atoms with Gasteiger partial charge >= 0.3 is 5.97 Å². The number of unbranched alkanes of at least 4 members (excludes halogenated alkanes) is 4. The topological polar surface area (TPSA) is 127 Å². The molecule has 0 amide bonds. The minimum Gasteiger partial charge on any atom is -0.550 e. The smallest absolute Gasteiger partial charge is 0.306 e. The van der Waals surface area contributed by atoms with Crippen LogP contribution in [-0.4, -0.2) is 99.6 Å². The quantitative estimate of drug-likeness (QED) is 0.199. The van der Waals surface area contributed by atoms with Crippen molar-refractivity contribution >= 4 is 17.9 Å². The molecule has 2 unspecified atom stereocenters. The molecule has 9 heteroatoms. The van der Waals surface area contributed by atoms with Crippen molar-refractivity contribution in [3.05, 3.63) is 0 Å². The van der Waals surface area contributed by atoms with Crippen LogP contribution in [-0.2, 0) is 19.1 Å². The number of carbonyl (C=O) groups excluding carboxylic acids is 3. The minimum atomic E-state index is -1.20. The van der Waals surface area contributed by atoms with E-state index in [1.54, 1.807) is 0 Å². The van der Waals surface area contributed by atoms with Gasteiger partial charge in [-0.15, -0.1) is 0 Å². The summed E-state index contributed by atoms with van der Waals surface area (Å²) in [6.45, 7) is 3.03. The van der Waals surface area contributed by atoms with Gasteiger partial charge in [-0.25, -0.2) is 0 Å². The number of carboxylic acid groups (broad SMARTS) is 2. The lowest BCUT2D eigenvalue weighted by atomic mass is 10.1. The summed E-state index contributed by atoms with van der Waals surface area (Å²) < 4.78 is 6.36. The molecular formula is C22H44N2O7. The number of hydrogen-bond acceptors (Lipinski definition) is 7. The summed E-state index contributed by atoms with van der Waals surface area (Å²) in [5, 5.41) is 29.8. The molecule has 0 aliphatic rings. The summed E-state index contributed by atoms with van der Waals surface area (Å²) in [5.74, 6) is -2.69. The first-order chi connectivity index (χ1) is 14.1. The maximum Gasteiger partial charge on any atom is 0.306 e. The Bertz CT molecular complexity index is 525. The van der Waals surface area contributed by atoms with Crippen molar-refractivity contribution in [3.63, 3.8) is 0 Å². The number of rotatable bonds is 15. The molecular weight excluding hydrogens is 404 g/mol. The zero-order valence-electron chi connectivity index (χ0n) is 20.5. The molecule has 0 bridgehead atoms. The monoisotopic (exact) mass is 448 g/mol. The average Bonchev–Trinajstić information content (AvgIpc) is 2.50. The lowest BCUT2D eigenvalue weighted by Crippen LogP contribution is -2.45. The van der Waals surface area contributed by atoms with Crippen molar-refractivity contribution in [3.8, 4) is 0 Å². The van der Waals surface area contributed by atoms with E-state index in [-0.39, 0.29) is 18.8 Å². The fraction of sp³-hybridized carbons (Fsp3) is 0.864. The summed E-state index contributed by atoms with van der Waals surface area (Å²) in [5.41, 5.74) is 0. The molecule has 0 aromatic heterocycles. The molecule has 0 aromatic rings. The van der Waals surface area contributed by atoms with Crippen molar-refractivity contribution in [2.45, 2.75) is 70.5 Å². The number of esters is 1. The third-order valence-corrected chi connectivity index (χ3v) is 4.09. The van der Waals surface area contributed by atoms with Crippen LogP contribution in [0.4, 0.5) is 0 Å². The van der Waals surface area contributed by atoms with E-state index in [4.69, 9.17) is 9.84 Å². The van der Waals surface area contributed by atoms with E-state index in [0.29, 0.717) is 28.5 Å². The summed E-state index contributed by atoms with van der Waals surface area (Å²) >= 11 is 0. The molecule has 0 aliphatic heterocycles. The molecule has 31 heavy (non-hydrogen) atoms. The van der Waals surface area contributed by atoms with Gasteiger partial charge in [0.15, 0.2) is 6.10 Å². The van der Waals surface area contributed by atoms with E-state index >= 15 is 0 Å². The van der Waals surface area contributed by atoms with Gasteiger partial charge < -0.3 is 38.6 Å². The third kappa shape index (κ3) is 26.3. The number of carbonyl (C=O) groups is 3. The molecule has 0 saturated carbocycles. The first kappa shape index (κ1) is 31.5. The molecule has 0 heterocycles. The van der Waals surface area contributed by atoms with Crippen LogP contribution in [0.15, 0.2) is 0 Å². The number of carboxylic acids is 2. The van der Waals surface area contributed by atoms with Crippen molar-refractivity contribution < 1.29 is 43.4 Å². The fourth-order valence-corrected chi connectivity index (χ4v) is 2.95. The Morgan fingerprint density at radius 2 is 1.29 bits per heavy atom. The maximum absolute atomic E-state index is 11.7. The normalized spacial score (nSPS) is 13.5. The number of likely N-dealkylation sites (N-methyl/N-ethyl adjacent to an activating group) is 2. The lowest BCUT2D eigenvalue weighted by Gasteiger charge is -2.29. The van der Waals surface area contributed by atoms with E-state index in [1.165, 1.54) is 12.8 Å². The van der Waals surface area contributed by atoms with Gasteiger partial charge in [0.25, 0.3) is 0 Å². The predicted molar refractivity (Wildman–Crippen MR) is 114 cm³/mol. The number of nitrogens with zero attached hydrogens (tertiary/aromatic N) is 2. The van der Waals surface area contributed by atoms with Gasteiger partial charge in [0.1, 0.15) is 19.2 Å². The van der Waals surface area contributed by atoms with Crippen LogP contribution in [0.2, 0.25) is 0 Å². The van der Waals surface area contributed by atoms with E-state index in [2.05, 4.69) is 6.92 Å². The zero-order chi connectivity index (χ0) is 24.7. The first-order valence-corrected chi connectivity index (χ1v) is 10.9. The average molecular weight is 449 g/mol. The van der Waals surface area contributed by atoms with Crippen LogP contribution in [0, 0.1) is 0 Å². The SMILES string of the molecule is CCCCCCCC(=O)OC(CC(=O)[O-])C[N+](C)(C)C.C[N+](C)(C)CC(O)CC(=O)[O-]. The van der Waals surface area contributed by atoms with E-state index in [9.17, 15) is 24.6 Å². The molecule has 0 fully saturated rings. The van der Waals surface area contributed by atoms with E-state index in [1.807, 2.05) is 42.3 Å². The van der Waals surface area contributed by atoms with Gasteiger partial charge in [-0.1, -0.05) is 32.6 Å². The third-order valence-electron chi connectivity index (χ3n) is 4.09. The second-order valence-corrected chi connectivity index (χ2v) is 10.0. The van der Waals surface area contributed by atoms with Crippen LogP contribution < -0.4 is 10.2 Å². The molecule has 184 valence electrons. The first-order valence-electron chi connectivity index (χ1n) is 10.9. The van der Waals surface area contributed by atoms with Crippen LogP contribution in [0.3, 0.4) is 0 Å². The van der Waals surface area contributed by atoms with Crippen molar-refractivity contribution in [2.75, 3.05) is 55.4 Å². The fourth-order valence-electron chi connectivity index (χ4n) is 2.95. The summed E-state index contributed by atoms with van der Waals surface area (Å²) in [6.07, 6.45) is 3.74. The van der Waals surface area contributed by atoms with Crippen LogP contribution >= 0.6 is 0 Å². The zero-order valence-corrected chi connectivity index (χ0v) is 20.5. The standard InChI is InChI=1S/C15H29NO4.C7H15NO3/c1-5-6-7-8-9-10-15(19)20-13(11-14(17)18)12-16(2,3)4;1-8(2,3)5-6(9)4-7(10)11/h13H,5-12H2,1-4H3;6,9H,4-5H2,1-3H3. The van der Waals surface area contributed by atoms with Crippen LogP contribution in [0.5, 0.6) is 0 Å². The maximum atomic E-state index is 11.7. The Kier molecular flexibility index (Phi) is 16.2. The Balaban J connectivity index is 0. The summed E-state index contributed by atoms with van der Waals surface area (Å²) in [4.78, 5) is 32.4. The van der Waals surface area contributed by atoms with Crippen LogP contribution in [0.25, 0.3) is 0 Å². The van der Waals surface area contributed by atoms with Gasteiger partial charge in [-0.3, -0.25) is 4.79 Å². The summed E-state index contributed by atoms with van der Waals surface area (Å²) in [7, 11) is 11.5. The Hall–Kier alpha value is -1.71. The highest BCUT2D eigenvalue weighted by Crippen LogP contribution is 2.09. The van der Waals surface area contributed by atoms with Crippen LogP contribution in [0.1, 0.15) is 58.3 Å². The number of hydrogen-bond donors (Lipinski definition) is 1. The second kappa shape index (κ2) is 16.0. The van der Waals surface area contributed by atoms with Gasteiger partial charge in [0, 0.05) is 31.2 Å². The molecule has 0 spiro atoms. The number of aliphatic hydroxyl groups is 1. The van der Waals surface area contributed by atoms with Gasteiger partial charge in [0.05, 0.1) is 42.3 Å². The highest BCUT2D eigenvalue weighted by molar-refractivity contribution is 5.70. The van der Waals surface area contributed by atoms with Gasteiger partial charge in [-0.2, -0.15) is 0 Å². The highest BCUT2D eigenvalue weighted by Gasteiger charge is 2.22. The Morgan fingerprint density at radius 3 is 1.71 bits per heavy atom. The molecule has 1 N–H and O–H groups in total. The molecule has 0 aromatic carbocycles. The highest BCUT2D eigenvalue weighted by atomic mass is 16.5. The lowest BCUT2D eigenvalue weighted by molar-refractivity contribution is -0.873. The van der Waals surface area contributed by atoms with Crippen molar-refractivity contribution in [2.24, 2.45) is 0 Å². The molecule has 0 aliphatic carbocycles. The largest absolute Gasteiger partial charge is 0.550 e. The number of aliphatic hydroxyl groups excluding tert-OH is 1. The van der Waals surface area contributed by atoms with Crippen molar-refractivity contribution in [1.82, 2.24) is 0 Å². The van der Waals surface area contributed by atoms with Gasteiger partial charge in [-0.05, 0) is 6.42 Å². The van der Waals surface area contributed by atoms with E-state index < -0.39 is 24.1 Å². The molecule has 0 radical (unpaired) electrons. The van der Waals surface area contributed by atoms with Crippen molar-refractivity contribution in [1.29, 1.82) is 0 Å². The Labute approximate surface area is 187 Å². The van der Waals surface area contributed by atoms with Gasteiger partial charge in [0.2, 0.25) is 0 Å². The second-order valence-electron chi connectivity index (χ2n) is 10.0. The van der Waals surface area contributed by atoms with E-state index in [0.717, 1.165) is 19.3 Å². The summed E-state index contributed by atoms with van der Waals surface area (Å²) in [6, 6.07) is 0.